The van der Waals surface area contributed by atoms with Gasteiger partial charge in [0.05, 0.1) is 6.10 Å². The predicted molar refractivity (Wildman–Crippen MR) is 67.4 cm³/mol. The van der Waals surface area contributed by atoms with Crippen molar-refractivity contribution in [1.29, 1.82) is 0 Å². The van der Waals surface area contributed by atoms with Crippen molar-refractivity contribution in [3.05, 3.63) is 65.7 Å². The zero-order chi connectivity index (χ0) is 13.0. The summed E-state index contributed by atoms with van der Waals surface area (Å²) in [4.78, 5) is 3.89. The van der Waals surface area contributed by atoms with Crippen molar-refractivity contribution in [2.45, 2.75) is 12.0 Å². The fourth-order valence-corrected chi connectivity index (χ4v) is 1.99. The Balaban J connectivity index is 2.32. The maximum absolute atomic E-state index is 13.7. The summed E-state index contributed by atoms with van der Waals surface area (Å²) in [6.45, 7) is 0.171. The van der Waals surface area contributed by atoms with Crippen LogP contribution in [-0.4, -0.2) is 16.6 Å². The lowest BCUT2D eigenvalue weighted by Crippen LogP contribution is -2.21. The van der Waals surface area contributed by atoms with Gasteiger partial charge in [-0.25, -0.2) is 4.39 Å². The summed E-state index contributed by atoms with van der Waals surface area (Å²) >= 11 is 0. The number of nitrogens with zero attached hydrogens (tertiary/aromatic N) is 1. The van der Waals surface area contributed by atoms with E-state index in [1.54, 1.807) is 42.7 Å². The highest BCUT2D eigenvalue weighted by molar-refractivity contribution is 5.27. The van der Waals surface area contributed by atoms with Crippen LogP contribution in [0.5, 0.6) is 0 Å². The van der Waals surface area contributed by atoms with Crippen molar-refractivity contribution < 1.29 is 9.50 Å². The number of halogens is 1. The molecule has 0 aliphatic heterocycles. The number of aliphatic hydroxyl groups excluding tert-OH is 1. The van der Waals surface area contributed by atoms with Crippen LogP contribution in [0.3, 0.4) is 0 Å². The summed E-state index contributed by atoms with van der Waals surface area (Å²) in [7, 11) is 0. The molecule has 0 saturated heterocycles. The second-order valence-corrected chi connectivity index (χ2v) is 4.09. The van der Waals surface area contributed by atoms with Gasteiger partial charge in [0.15, 0.2) is 0 Å². The Morgan fingerprint density at radius 3 is 2.44 bits per heavy atom. The molecule has 4 heteroatoms. The largest absolute Gasteiger partial charge is 0.388 e. The highest BCUT2D eigenvalue weighted by atomic mass is 19.1. The molecule has 0 radical (unpaired) electrons. The summed E-state index contributed by atoms with van der Waals surface area (Å²) in [6.07, 6.45) is 2.34. The van der Waals surface area contributed by atoms with Crippen LogP contribution in [0.4, 0.5) is 4.39 Å². The maximum atomic E-state index is 13.7. The first kappa shape index (κ1) is 12.7. The Morgan fingerprint density at radius 2 is 1.83 bits per heavy atom. The van der Waals surface area contributed by atoms with Crippen molar-refractivity contribution in [2.24, 2.45) is 5.73 Å². The highest BCUT2D eigenvalue weighted by Crippen LogP contribution is 2.31. The average Bonchev–Trinajstić information content (AvgIpc) is 2.42. The van der Waals surface area contributed by atoms with E-state index in [-0.39, 0.29) is 12.4 Å². The second kappa shape index (κ2) is 5.71. The lowest BCUT2D eigenvalue weighted by Gasteiger charge is -2.22. The molecule has 3 nitrogen and oxygen atoms in total. The van der Waals surface area contributed by atoms with Gasteiger partial charge in [0.25, 0.3) is 0 Å². The van der Waals surface area contributed by atoms with Crippen molar-refractivity contribution in [3.63, 3.8) is 0 Å². The van der Waals surface area contributed by atoms with Gasteiger partial charge >= 0.3 is 0 Å². The molecule has 2 rings (SSSR count). The predicted octanol–water partition coefficient (Wildman–Crippen LogP) is 2.00. The van der Waals surface area contributed by atoms with Gasteiger partial charge in [-0.3, -0.25) is 4.98 Å². The topological polar surface area (TPSA) is 59.1 Å². The quantitative estimate of drug-likeness (QED) is 0.867. The molecular formula is C14H15FN2O. The van der Waals surface area contributed by atoms with Crippen LogP contribution in [0.25, 0.3) is 0 Å². The average molecular weight is 246 g/mol. The van der Waals surface area contributed by atoms with E-state index in [4.69, 9.17) is 5.73 Å². The summed E-state index contributed by atoms with van der Waals surface area (Å²) in [5, 5.41) is 10.3. The van der Waals surface area contributed by atoms with Crippen LogP contribution < -0.4 is 5.73 Å². The van der Waals surface area contributed by atoms with Crippen LogP contribution in [-0.2, 0) is 0 Å². The Kier molecular flexibility index (Phi) is 4.02. The molecule has 2 unspecified atom stereocenters. The van der Waals surface area contributed by atoms with E-state index in [1.165, 1.54) is 6.07 Å². The first-order valence-electron chi connectivity index (χ1n) is 5.76. The molecule has 94 valence electrons. The van der Waals surface area contributed by atoms with E-state index in [9.17, 15) is 9.50 Å². The van der Waals surface area contributed by atoms with Gasteiger partial charge in [-0.05, 0) is 29.3 Å². The molecule has 0 fully saturated rings. The smallest absolute Gasteiger partial charge is 0.126 e. The molecule has 0 amide bonds. The van der Waals surface area contributed by atoms with E-state index in [0.717, 1.165) is 0 Å². The van der Waals surface area contributed by atoms with Crippen LogP contribution in [0.1, 0.15) is 23.1 Å². The Labute approximate surface area is 105 Å². The number of pyridine rings is 1. The van der Waals surface area contributed by atoms with Crippen LogP contribution in [0.15, 0.2) is 48.8 Å². The molecule has 3 N–H and O–H groups in total. The van der Waals surface area contributed by atoms with Crippen molar-refractivity contribution in [3.8, 4) is 0 Å². The third-order valence-corrected chi connectivity index (χ3v) is 2.99. The van der Waals surface area contributed by atoms with E-state index < -0.39 is 12.0 Å². The standard InChI is InChI=1S/C14H15FN2O/c15-13-4-2-1-3-11(13)12(9-16)14(18)10-5-7-17-8-6-10/h1-8,12,14,18H,9,16H2. The SMILES string of the molecule is NCC(c1ccccc1F)C(O)c1ccncc1. The molecule has 1 aromatic heterocycles. The fraction of sp³-hybridized carbons (Fsp3) is 0.214. The fourth-order valence-electron chi connectivity index (χ4n) is 1.99. The second-order valence-electron chi connectivity index (χ2n) is 4.09. The third kappa shape index (κ3) is 2.55. The number of hydrogen-bond donors (Lipinski definition) is 2. The first-order chi connectivity index (χ1) is 8.74. The minimum Gasteiger partial charge on any atom is -0.388 e. The van der Waals surface area contributed by atoms with Gasteiger partial charge in [-0.1, -0.05) is 18.2 Å². The Bertz CT molecular complexity index is 504. The molecule has 0 saturated carbocycles. The van der Waals surface area contributed by atoms with E-state index in [2.05, 4.69) is 4.98 Å². The van der Waals surface area contributed by atoms with Gasteiger partial charge in [0, 0.05) is 24.9 Å². The van der Waals surface area contributed by atoms with Gasteiger partial charge < -0.3 is 10.8 Å². The van der Waals surface area contributed by atoms with E-state index >= 15 is 0 Å². The minimum absolute atomic E-state index is 0.171. The first-order valence-corrected chi connectivity index (χ1v) is 5.76. The minimum atomic E-state index is -0.838. The Hall–Kier alpha value is -1.78. The number of rotatable bonds is 4. The number of aliphatic hydroxyl groups is 1. The molecular weight excluding hydrogens is 231 g/mol. The normalized spacial score (nSPS) is 14.2. The van der Waals surface area contributed by atoms with Crippen molar-refractivity contribution in [2.75, 3.05) is 6.54 Å². The molecule has 0 spiro atoms. The van der Waals surface area contributed by atoms with Gasteiger partial charge in [-0.15, -0.1) is 0 Å². The number of nitrogens with two attached hydrogens (primary N) is 1. The summed E-state index contributed by atoms with van der Waals surface area (Å²) < 4.78 is 13.7. The van der Waals surface area contributed by atoms with Crippen LogP contribution >= 0.6 is 0 Å². The van der Waals surface area contributed by atoms with E-state index in [0.29, 0.717) is 11.1 Å². The molecule has 1 aromatic carbocycles. The monoisotopic (exact) mass is 246 g/mol. The lowest BCUT2D eigenvalue weighted by atomic mass is 9.89. The van der Waals surface area contributed by atoms with Crippen molar-refractivity contribution >= 4 is 0 Å². The van der Waals surface area contributed by atoms with Crippen LogP contribution in [0.2, 0.25) is 0 Å². The number of hydrogen-bond acceptors (Lipinski definition) is 3. The molecule has 0 aliphatic carbocycles. The number of aromatic nitrogens is 1. The zero-order valence-electron chi connectivity index (χ0n) is 9.83. The molecule has 1 heterocycles. The highest BCUT2D eigenvalue weighted by Gasteiger charge is 2.23. The maximum Gasteiger partial charge on any atom is 0.126 e. The van der Waals surface area contributed by atoms with Crippen LogP contribution in [0, 0.1) is 5.82 Å². The van der Waals surface area contributed by atoms with Gasteiger partial charge in [0.1, 0.15) is 5.82 Å². The molecule has 0 bridgehead atoms. The lowest BCUT2D eigenvalue weighted by molar-refractivity contribution is 0.145. The van der Waals surface area contributed by atoms with Crippen molar-refractivity contribution in [1.82, 2.24) is 4.98 Å². The van der Waals surface area contributed by atoms with E-state index in [1.807, 2.05) is 0 Å². The third-order valence-electron chi connectivity index (χ3n) is 2.99. The summed E-state index contributed by atoms with van der Waals surface area (Å²) in [5.41, 5.74) is 6.79. The molecule has 0 aliphatic rings. The molecule has 2 aromatic rings. The number of benzene rings is 1. The Morgan fingerprint density at radius 1 is 1.17 bits per heavy atom. The molecule has 2 atom stereocenters. The summed E-state index contributed by atoms with van der Waals surface area (Å²) in [6, 6.07) is 9.78. The van der Waals surface area contributed by atoms with Gasteiger partial charge in [0.2, 0.25) is 0 Å². The zero-order valence-corrected chi connectivity index (χ0v) is 9.83. The summed E-state index contributed by atoms with van der Waals surface area (Å²) in [5.74, 6) is -0.811. The molecule has 18 heavy (non-hydrogen) atoms. The van der Waals surface area contributed by atoms with Gasteiger partial charge in [-0.2, -0.15) is 0 Å².